The zero-order chi connectivity index (χ0) is 18.5. The maximum Gasteiger partial charge on any atom is 0.324 e. The van der Waals surface area contributed by atoms with Gasteiger partial charge in [-0.2, -0.15) is 0 Å². The second-order valence-electron chi connectivity index (χ2n) is 5.90. The molecule has 0 saturated carbocycles. The Kier molecular flexibility index (Phi) is 5.78. The first-order chi connectivity index (χ1) is 12.6. The molecular weight excluding hydrogens is 344 g/mol. The second kappa shape index (κ2) is 8.23. The zero-order valence-electron chi connectivity index (χ0n) is 15.2. The molecule has 5 heteroatoms. The van der Waals surface area contributed by atoms with Gasteiger partial charge in [0.2, 0.25) is 0 Å². The molecule has 0 saturated heterocycles. The molecule has 0 amide bonds. The molecule has 134 valence electrons. The molecule has 0 spiro atoms. The third-order valence-corrected chi connectivity index (χ3v) is 5.34. The highest BCUT2D eigenvalue weighted by Gasteiger charge is 2.26. The topological polar surface area (TPSA) is 44.1 Å². The minimum Gasteiger partial charge on any atom is -0.465 e. The highest BCUT2D eigenvalue weighted by Crippen LogP contribution is 2.37. The summed E-state index contributed by atoms with van der Waals surface area (Å²) in [7, 11) is 0. The Labute approximate surface area is 158 Å². The number of rotatable bonds is 6. The van der Waals surface area contributed by atoms with Crippen LogP contribution < -0.4 is 0 Å². The Bertz CT molecular complexity index is 876. The van der Waals surface area contributed by atoms with Crippen LogP contribution in [0.1, 0.15) is 29.1 Å². The molecule has 0 aliphatic heterocycles. The fraction of sp³-hybridized carbons (Fsp3) is 0.238. The van der Waals surface area contributed by atoms with Gasteiger partial charge < -0.3 is 4.74 Å². The van der Waals surface area contributed by atoms with Crippen molar-refractivity contribution in [2.75, 3.05) is 6.61 Å². The number of nitrogens with zero attached hydrogens (tertiary/aromatic N) is 2. The number of ether oxygens (including phenoxy) is 1. The van der Waals surface area contributed by atoms with Crippen molar-refractivity contribution in [3.05, 3.63) is 77.6 Å². The number of carbonyl (C=O) groups excluding carboxylic acids is 1. The average Bonchev–Trinajstić information content (AvgIpc) is 2.95. The third kappa shape index (κ3) is 3.83. The summed E-state index contributed by atoms with van der Waals surface area (Å²) < 4.78 is 7.41. The van der Waals surface area contributed by atoms with Crippen molar-refractivity contribution >= 4 is 17.7 Å². The van der Waals surface area contributed by atoms with Crippen LogP contribution in [0.15, 0.2) is 65.8 Å². The van der Waals surface area contributed by atoms with Crippen LogP contribution in [0.2, 0.25) is 0 Å². The summed E-state index contributed by atoms with van der Waals surface area (Å²) in [5, 5.41) is 0.327. The Morgan fingerprint density at radius 3 is 2.31 bits per heavy atom. The van der Waals surface area contributed by atoms with Crippen LogP contribution in [0.3, 0.4) is 0 Å². The van der Waals surface area contributed by atoms with Crippen LogP contribution in [0.4, 0.5) is 0 Å². The molecule has 3 rings (SSSR count). The predicted molar refractivity (Wildman–Crippen MR) is 105 cm³/mol. The number of thioether (sulfide) groups is 1. The van der Waals surface area contributed by atoms with Gasteiger partial charge >= 0.3 is 5.97 Å². The first-order valence-electron chi connectivity index (χ1n) is 8.61. The van der Waals surface area contributed by atoms with Gasteiger partial charge in [-0.3, -0.25) is 9.36 Å². The van der Waals surface area contributed by atoms with E-state index in [2.05, 4.69) is 4.57 Å². The minimum atomic E-state index is -0.459. The van der Waals surface area contributed by atoms with Crippen LogP contribution in [-0.2, 0) is 9.53 Å². The smallest absolute Gasteiger partial charge is 0.324 e. The summed E-state index contributed by atoms with van der Waals surface area (Å²) >= 11 is 1.42. The number of carbonyl (C=O) groups is 1. The number of aryl methyl sites for hydroxylation is 1. The maximum atomic E-state index is 12.6. The Morgan fingerprint density at radius 2 is 1.69 bits per heavy atom. The van der Waals surface area contributed by atoms with E-state index in [-0.39, 0.29) is 5.97 Å². The van der Waals surface area contributed by atoms with E-state index in [1.54, 1.807) is 0 Å². The third-order valence-electron chi connectivity index (χ3n) is 4.15. The molecule has 0 bridgehead atoms. The highest BCUT2D eigenvalue weighted by molar-refractivity contribution is 8.00. The summed E-state index contributed by atoms with van der Waals surface area (Å²) in [6, 6.07) is 19.8. The first kappa shape index (κ1) is 18.3. The Balaban J connectivity index is 2.02. The summed E-state index contributed by atoms with van der Waals surface area (Å²) in [4.78, 5) is 17.3. The van der Waals surface area contributed by atoms with E-state index in [9.17, 15) is 4.79 Å². The van der Waals surface area contributed by atoms with Crippen LogP contribution in [-0.4, -0.2) is 22.1 Å². The van der Waals surface area contributed by atoms with Crippen molar-refractivity contribution in [2.24, 2.45) is 0 Å². The molecule has 1 unspecified atom stereocenters. The number of para-hydroxylation sites is 1. The van der Waals surface area contributed by atoms with Gasteiger partial charge in [0.15, 0.2) is 5.16 Å². The van der Waals surface area contributed by atoms with Crippen LogP contribution in [0.25, 0.3) is 5.69 Å². The molecule has 1 aromatic heterocycles. The molecule has 1 heterocycles. The van der Waals surface area contributed by atoms with Crippen LogP contribution in [0, 0.1) is 13.8 Å². The highest BCUT2D eigenvalue weighted by atomic mass is 32.2. The van der Waals surface area contributed by atoms with Gasteiger partial charge in [-0.25, -0.2) is 4.98 Å². The molecule has 0 N–H and O–H groups in total. The largest absolute Gasteiger partial charge is 0.465 e. The maximum absolute atomic E-state index is 12.6. The number of esters is 1. The molecule has 0 aliphatic carbocycles. The van der Waals surface area contributed by atoms with E-state index in [1.165, 1.54) is 11.8 Å². The fourth-order valence-corrected chi connectivity index (χ4v) is 3.95. The summed E-state index contributed by atoms with van der Waals surface area (Å²) in [6.45, 7) is 6.21. The number of hydrogen-bond donors (Lipinski definition) is 0. The van der Waals surface area contributed by atoms with E-state index in [0.29, 0.717) is 6.61 Å². The molecular formula is C21H22N2O2S. The molecule has 0 fully saturated rings. The van der Waals surface area contributed by atoms with Crippen molar-refractivity contribution in [3.63, 3.8) is 0 Å². The monoisotopic (exact) mass is 366 g/mol. The fourth-order valence-electron chi connectivity index (χ4n) is 2.74. The lowest BCUT2D eigenvalue weighted by atomic mass is 10.1. The van der Waals surface area contributed by atoms with Crippen LogP contribution >= 0.6 is 11.8 Å². The zero-order valence-corrected chi connectivity index (χ0v) is 16.0. The quantitative estimate of drug-likeness (QED) is 0.460. The summed E-state index contributed by atoms with van der Waals surface area (Å²) in [5.41, 5.74) is 3.96. The van der Waals surface area contributed by atoms with Crippen molar-refractivity contribution in [2.45, 2.75) is 31.2 Å². The summed E-state index contributed by atoms with van der Waals surface area (Å²) in [6.07, 6.45) is 0. The number of benzene rings is 2. The lowest BCUT2D eigenvalue weighted by Gasteiger charge is -2.17. The number of hydrogen-bond acceptors (Lipinski definition) is 4. The predicted octanol–water partition coefficient (Wildman–Crippen LogP) is 4.89. The van der Waals surface area contributed by atoms with Crippen molar-refractivity contribution in [1.82, 2.24) is 9.55 Å². The van der Waals surface area contributed by atoms with Gasteiger partial charge in [-0.15, -0.1) is 0 Å². The van der Waals surface area contributed by atoms with Gasteiger partial charge in [0.25, 0.3) is 0 Å². The van der Waals surface area contributed by atoms with Crippen molar-refractivity contribution < 1.29 is 9.53 Å². The van der Waals surface area contributed by atoms with E-state index < -0.39 is 5.25 Å². The number of imidazole rings is 1. The molecule has 26 heavy (non-hydrogen) atoms. The molecule has 4 nitrogen and oxygen atoms in total. The average molecular weight is 366 g/mol. The minimum absolute atomic E-state index is 0.249. The Morgan fingerprint density at radius 1 is 1.08 bits per heavy atom. The first-order valence-corrected chi connectivity index (χ1v) is 9.49. The molecule has 2 aromatic carbocycles. The van der Waals surface area contributed by atoms with E-state index in [1.807, 2.05) is 81.4 Å². The van der Waals surface area contributed by atoms with Gasteiger partial charge in [0, 0.05) is 11.4 Å². The Hall–Kier alpha value is -2.53. The second-order valence-corrected chi connectivity index (χ2v) is 6.97. The SMILES string of the molecule is CCOC(=O)C(Sc1nc(C)c(C)n1-c1ccccc1)c1ccccc1. The van der Waals surface area contributed by atoms with Gasteiger partial charge in [0.1, 0.15) is 5.25 Å². The molecule has 0 radical (unpaired) electrons. The van der Waals surface area contributed by atoms with Gasteiger partial charge in [0.05, 0.1) is 12.3 Å². The molecule has 3 aromatic rings. The van der Waals surface area contributed by atoms with Gasteiger partial charge in [-0.1, -0.05) is 60.3 Å². The lowest BCUT2D eigenvalue weighted by Crippen LogP contribution is -2.14. The van der Waals surface area contributed by atoms with Crippen molar-refractivity contribution in [3.8, 4) is 5.69 Å². The van der Waals surface area contributed by atoms with E-state index >= 15 is 0 Å². The molecule has 0 aliphatic rings. The summed E-state index contributed by atoms with van der Waals surface area (Å²) in [5.74, 6) is -0.249. The number of aromatic nitrogens is 2. The van der Waals surface area contributed by atoms with Crippen LogP contribution in [0.5, 0.6) is 0 Å². The normalized spacial score (nSPS) is 12.0. The van der Waals surface area contributed by atoms with Gasteiger partial charge in [-0.05, 0) is 38.5 Å². The van der Waals surface area contributed by atoms with E-state index in [4.69, 9.17) is 9.72 Å². The van der Waals surface area contributed by atoms with E-state index in [0.717, 1.165) is 27.8 Å². The van der Waals surface area contributed by atoms with Crippen molar-refractivity contribution in [1.29, 1.82) is 0 Å². The lowest BCUT2D eigenvalue weighted by molar-refractivity contribution is -0.142. The standard InChI is InChI=1S/C21H22N2O2S/c1-4-25-20(24)19(17-11-7-5-8-12-17)26-21-22-15(2)16(3)23(21)18-13-9-6-10-14-18/h5-14,19H,4H2,1-3H3. The molecule has 1 atom stereocenters.